The third kappa shape index (κ3) is 1.26. The van der Waals surface area contributed by atoms with Crippen molar-refractivity contribution in [3.8, 4) is 0 Å². The monoisotopic (exact) mass is 182 g/mol. The SMILES string of the molecule is CC(N)(C(N)=O)C1CC2CCC1C2. The van der Waals surface area contributed by atoms with E-state index in [4.69, 9.17) is 11.5 Å². The predicted molar refractivity (Wildman–Crippen MR) is 50.7 cm³/mol. The van der Waals surface area contributed by atoms with Gasteiger partial charge in [0.2, 0.25) is 5.91 Å². The van der Waals surface area contributed by atoms with Crippen LogP contribution in [0.15, 0.2) is 0 Å². The first kappa shape index (κ1) is 9.00. The van der Waals surface area contributed by atoms with Crippen LogP contribution >= 0.6 is 0 Å². The van der Waals surface area contributed by atoms with Crippen LogP contribution < -0.4 is 11.5 Å². The van der Waals surface area contributed by atoms with Gasteiger partial charge in [-0.1, -0.05) is 6.42 Å². The summed E-state index contributed by atoms with van der Waals surface area (Å²) in [5.74, 6) is 1.47. The first-order valence-electron chi connectivity index (χ1n) is 5.10. The van der Waals surface area contributed by atoms with Gasteiger partial charge in [0.1, 0.15) is 0 Å². The summed E-state index contributed by atoms with van der Waals surface area (Å²) in [6, 6.07) is 0. The zero-order chi connectivity index (χ0) is 9.64. The molecule has 0 spiro atoms. The molecule has 3 nitrogen and oxygen atoms in total. The molecule has 2 rings (SSSR count). The van der Waals surface area contributed by atoms with Gasteiger partial charge in [-0.15, -0.1) is 0 Å². The summed E-state index contributed by atoms with van der Waals surface area (Å²) in [6.07, 6.45) is 4.96. The molecule has 13 heavy (non-hydrogen) atoms. The standard InChI is InChI=1S/C10H18N2O/c1-10(12,9(11)13)8-5-6-2-3-7(8)4-6/h6-8H,2-5,12H2,1H3,(H2,11,13). The van der Waals surface area contributed by atoms with E-state index in [0.717, 1.165) is 12.3 Å². The summed E-state index contributed by atoms with van der Waals surface area (Å²) in [5.41, 5.74) is 10.5. The van der Waals surface area contributed by atoms with Gasteiger partial charge in [-0.2, -0.15) is 0 Å². The molecule has 4 N–H and O–H groups in total. The van der Waals surface area contributed by atoms with Gasteiger partial charge < -0.3 is 11.5 Å². The number of nitrogens with two attached hydrogens (primary N) is 2. The van der Waals surface area contributed by atoms with E-state index in [1.54, 1.807) is 6.92 Å². The molecule has 0 saturated heterocycles. The highest BCUT2D eigenvalue weighted by Gasteiger charge is 2.49. The Kier molecular flexibility index (Phi) is 1.88. The van der Waals surface area contributed by atoms with Crippen molar-refractivity contribution in [2.45, 2.75) is 38.1 Å². The van der Waals surface area contributed by atoms with Gasteiger partial charge in [0.05, 0.1) is 5.54 Å². The molecular weight excluding hydrogens is 164 g/mol. The van der Waals surface area contributed by atoms with Gasteiger partial charge in [0.25, 0.3) is 0 Å². The Labute approximate surface area is 78.9 Å². The lowest BCUT2D eigenvalue weighted by Crippen LogP contribution is -2.56. The number of hydrogen-bond acceptors (Lipinski definition) is 2. The maximum atomic E-state index is 11.2. The molecule has 4 unspecified atom stereocenters. The molecule has 0 heterocycles. The van der Waals surface area contributed by atoms with Crippen molar-refractivity contribution in [2.75, 3.05) is 0 Å². The lowest BCUT2D eigenvalue weighted by molar-refractivity contribution is -0.125. The molecule has 0 aromatic carbocycles. The Morgan fingerprint density at radius 1 is 1.38 bits per heavy atom. The number of hydrogen-bond donors (Lipinski definition) is 2. The molecule has 74 valence electrons. The number of carbonyl (C=O) groups excluding carboxylic acids is 1. The lowest BCUT2D eigenvalue weighted by Gasteiger charge is -2.34. The minimum absolute atomic E-state index is 0.337. The summed E-state index contributed by atoms with van der Waals surface area (Å²) in [7, 11) is 0. The molecule has 2 aliphatic rings. The van der Waals surface area contributed by atoms with E-state index in [1.807, 2.05) is 0 Å². The first-order valence-corrected chi connectivity index (χ1v) is 5.10. The number of primary amides is 1. The molecule has 0 aromatic rings. The van der Waals surface area contributed by atoms with Gasteiger partial charge in [-0.25, -0.2) is 0 Å². The second-order valence-electron chi connectivity index (χ2n) is 4.93. The molecule has 2 fully saturated rings. The Hall–Kier alpha value is -0.570. The van der Waals surface area contributed by atoms with Crippen molar-refractivity contribution < 1.29 is 4.79 Å². The van der Waals surface area contributed by atoms with Crippen LogP contribution in [0, 0.1) is 17.8 Å². The molecule has 0 radical (unpaired) electrons. The maximum Gasteiger partial charge on any atom is 0.237 e. The lowest BCUT2D eigenvalue weighted by atomic mass is 9.75. The van der Waals surface area contributed by atoms with E-state index in [9.17, 15) is 4.79 Å². The van der Waals surface area contributed by atoms with Gasteiger partial charge in [0.15, 0.2) is 0 Å². The highest BCUT2D eigenvalue weighted by atomic mass is 16.1. The van der Waals surface area contributed by atoms with E-state index < -0.39 is 5.54 Å². The number of rotatable bonds is 2. The van der Waals surface area contributed by atoms with E-state index in [-0.39, 0.29) is 5.91 Å². The molecule has 2 bridgehead atoms. The summed E-state index contributed by atoms with van der Waals surface area (Å²) < 4.78 is 0. The predicted octanol–water partition coefficient (Wildman–Crippen LogP) is 0.625. The Morgan fingerprint density at radius 2 is 2.08 bits per heavy atom. The normalized spacial score (nSPS) is 41.8. The van der Waals surface area contributed by atoms with Crippen LogP contribution in [0.2, 0.25) is 0 Å². The smallest absolute Gasteiger partial charge is 0.237 e. The van der Waals surface area contributed by atoms with Crippen LogP contribution in [0.4, 0.5) is 0 Å². The first-order chi connectivity index (χ1) is 6.01. The Bertz CT molecular complexity index is 237. The largest absolute Gasteiger partial charge is 0.368 e. The van der Waals surface area contributed by atoms with Gasteiger partial charge in [-0.3, -0.25) is 4.79 Å². The minimum atomic E-state index is -0.778. The molecule has 0 aliphatic heterocycles. The highest BCUT2D eigenvalue weighted by molar-refractivity contribution is 5.84. The van der Waals surface area contributed by atoms with Crippen LogP contribution in [0.3, 0.4) is 0 Å². The quantitative estimate of drug-likeness (QED) is 0.657. The van der Waals surface area contributed by atoms with Crippen LogP contribution in [-0.2, 0) is 4.79 Å². The van der Waals surface area contributed by atoms with Crippen LogP contribution in [0.25, 0.3) is 0 Å². The summed E-state index contributed by atoms with van der Waals surface area (Å²) >= 11 is 0. The third-order valence-corrected chi connectivity index (χ3v) is 4.04. The molecule has 1 amide bonds. The van der Waals surface area contributed by atoms with E-state index >= 15 is 0 Å². The average molecular weight is 182 g/mol. The molecule has 0 aromatic heterocycles. The number of carbonyl (C=O) groups is 1. The minimum Gasteiger partial charge on any atom is -0.368 e. The summed E-state index contributed by atoms with van der Waals surface area (Å²) in [5, 5.41) is 0. The van der Waals surface area contributed by atoms with E-state index in [1.165, 1.54) is 19.3 Å². The third-order valence-electron chi connectivity index (χ3n) is 4.04. The van der Waals surface area contributed by atoms with Crippen LogP contribution in [-0.4, -0.2) is 11.4 Å². The molecule has 4 atom stereocenters. The summed E-state index contributed by atoms with van der Waals surface area (Å²) in [4.78, 5) is 11.2. The number of amides is 1. The second kappa shape index (κ2) is 2.71. The van der Waals surface area contributed by atoms with Crippen molar-refractivity contribution in [1.29, 1.82) is 0 Å². The van der Waals surface area contributed by atoms with Gasteiger partial charge in [-0.05, 0) is 43.9 Å². The fraction of sp³-hybridized carbons (Fsp3) is 0.900. The van der Waals surface area contributed by atoms with Crippen LogP contribution in [0.5, 0.6) is 0 Å². The Morgan fingerprint density at radius 3 is 2.46 bits per heavy atom. The van der Waals surface area contributed by atoms with Crippen molar-refractivity contribution in [1.82, 2.24) is 0 Å². The maximum absolute atomic E-state index is 11.2. The molecule has 2 aliphatic carbocycles. The van der Waals surface area contributed by atoms with Gasteiger partial charge >= 0.3 is 0 Å². The van der Waals surface area contributed by atoms with Crippen molar-refractivity contribution >= 4 is 5.91 Å². The van der Waals surface area contributed by atoms with Gasteiger partial charge in [0, 0.05) is 0 Å². The van der Waals surface area contributed by atoms with E-state index in [2.05, 4.69) is 0 Å². The summed E-state index contributed by atoms with van der Waals surface area (Å²) in [6.45, 7) is 1.79. The second-order valence-corrected chi connectivity index (χ2v) is 4.93. The molecule has 3 heteroatoms. The number of fused-ring (bicyclic) bond motifs is 2. The topological polar surface area (TPSA) is 69.1 Å². The van der Waals surface area contributed by atoms with E-state index in [0.29, 0.717) is 11.8 Å². The molecular formula is C10H18N2O. The van der Waals surface area contributed by atoms with Crippen LogP contribution in [0.1, 0.15) is 32.6 Å². The van der Waals surface area contributed by atoms with Crippen molar-refractivity contribution in [3.05, 3.63) is 0 Å². The van der Waals surface area contributed by atoms with Crippen molar-refractivity contribution in [2.24, 2.45) is 29.2 Å². The van der Waals surface area contributed by atoms with Crippen molar-refractivity contribution in [3.63, 3.8) is 0 Å². The zero-order valence-corrected chi connectivity index (χ0v) is 8.12. The molecule has 2 saturated carbocycles. The highest BCUT2D eigenvalue weighted by Crippen LogP contribution is 2.51. The fourth-order valence-electron chi connectivity index (χ4n) is 3.16. The Balaban J connectivity index is 2.14. The average Bonchev–Trinajstić information content (AvgIpc) is 2.63. The fourth-order valence-corrected chi connectivity index (χ4v) is 3.16. The zero-order valence-electron chi connectivity index (χ0n) is 8.12.